The predicted octanol–water partition coefficient (Wildman–Crippen LogP) is 4.55. The molecule has 180 valence electrons. The van der Waals surface area contributed by atoms with Crippen molar-refractivity contribution in [2.45, 2.75) is 50.8 Å². The normalized spacial score (nSPS) is 13.1. The molecule has 1 N–H and O–H groups in total. The topological polar surface area (TPSA) is 95.3 Å². The smallest absolute Gasteiger partial charge is 0.341 e. The summed E-state index contributed by atoms with van der Waals surface area (Å²) in [5, 5.41) is 12.5. The summed E-state index contributed by atoms with van der Waals surface area (Å²) in [5.74, 6) is 0.978. The third-order valence-electron chi connectivity index (χ3n) is 5.71. The molecule has 34 heavy (non-hydrogen) atoms. The fourth-order valence-corrected chi connectivity index (χ4v) is 5.84. The molecule has 1 aliphatic carbocycles. The molecule has 2 heterocycles. The minimum absolute atomic E-state index is 0.147. The van der Waals surface area contributed by atoms with Crippen molar-refractivity contribution in [1.82, 2.24) is 14.8 Å². The number of carbonyl (C=O) groups excluding carboxylic acids is 2. The number of nitrogens with one attached hydrogen (secondary N) is 1. The number of benzene rings is 1. The molecular weight excluding hydrogens is 472 g/mol. The molecular formula is C24H28N4O4S2. The molecule has 0 unspecified atom stereocenters. The van der Waals surface area contributed by atoms with Gasteiger partial charge in [0.15, 0.2) is 11.0 Å². The van der Waals surface area contributed by atoms with Crippen molar-refractivity contribution in [3.05, 3.63) is 51.7 Å². The van der Waals surface area contributed by atoms with E-state index in [4.69, 9.17) is 9.47 Å². The van der Waals surface area contributed by atoms with Gasteiger partial charge in [-0.05, 0) is 50.3 Å². The monoisotopic (exact) mass is 500 g/mol. The number of rotatable bonds is 8. The Labute approximate surface area is 207 Å². The number of hydrogen-bond donors (Lipinski definition) is 1. The molecule has 0 fully saturated rings. The van der Waals surface area contributed by atoms with E-state index in [1.54, 1.807) is 0 Å². The molecule has 0 atom stereocenters. The molecule has 3 aromatic rings. The number of thiophene rings is 1. The molecule has 1 aliphatic rings. The molecule has 0 saturated carbocycles. The summed E-state index contributed by atoms with van der Waals surface area (Å²) in [6, 6.07) is 7.81. The molecule has 2 aromatic heterocycles. The number of thioether (sulfide) groups is 1. The highest BCUT2D eigenvalue weighted by Crippen LogP contribution is 2.38. The Morgan fingerprint density at radius 1 is 1.15 bits per heavy atom. The number of esters is 1. The van der Waals surface area contributed by atoms with Crippen LogP contribution in [0.4, 0.5) is 5.00 Å². The maximum absolute atomic E-state index is 12.7. The number of carbonyl (C=O) groups is 2. The summed E-state index contributed by atoms with van der Waals surface area (Å²) >= 11 is 2.78. The van der Waals surface area contributed by atoms with Crippen LogP contribution in [-0.2, 0) is 36.0 Å². The summed E-state index contributed by atoms with van der Waals surface area (Å²) in [5.41, 5.74) is 2.71. The minimum Gasteiger partial charge on any atom is -0.486 e. The number of aryl methyl sites for hydroxylation is 2. The van der Waals surface area contributed by atoms with E-state index in [9.17, 15) is 9.59 Å². The van der Waals surface area contributed by atoms with Gasteiger partial charge in [0.1, 0.15) is 17.4 Å². The van der Waals surface area contributed by atoms with E-state index in [1.165, 1.54) is 40.6 Å². The quantitative estimate of drug-likeness (QED) is 0.275. The van der Waals surface area contributed by atoms with E-state index in [0.29, 0.717) is 21.5 Å². The third kappa shape index (κ3) is 5.61. The van der Waals surface area contributed by atoms with Crippen LogP contribution in [0.25, 0.3) is 0 Å². The first kappa shape index (κ1) is 24.3. The summed E-state index contributed by atoms with van der Waals surface area (Å²) in [6.07, 6.45) is 5.06. The molecule has 8 nitrogen and oxygen atoms in total. The van der Waals surface area contributed by atoms with Crippen LogP contribution in [0.2, 0.25) is 0 Å². The molecule has 0 aliphatic heterocycles. The number of ether oxygens (including phenoxy) is 2. The van der Waals surface area contributed by atoms with Crippen LogP contribution in [0.15, 0.2) is 29.4 Å². The Bertz CT molecular complexity index is 1170. The van der Waals surface area contributed by atoms with E-state index in [2.05, 4.69) is 15.5 Å². The highest BCUT2D eigenvalue weighted by atomic mass is 32.2. The van der Waals surface area contributed by atoms with E-state index in [1.807, 2.05) is 42.8 Å². The van der Waals surface area contributed by atoms with Crippen LogP contribution in [-0.4, -0.2) is 39.5 Å². The zero-order valence-electron chi connectivity index (χ0n) is 19.6. The van der Waals surface area contributed by atoms with Crippen LogP contribution >= 0.6 is 23.1 Å². The number of fused-ring (bicyclic) bond motifs is 1. The van der Waals surface area contributed by atoms with Crippen molar-refractivity contribution < 1.29 is 19.1 Å². The Balaban J connectivity index is 1.37. The van der Waals surface area contributed by atoms with Gasteiger partial charge in [0, 0.05) is 11.9 Å². The fourth-order valence-electron chi connectivity index (χ4n) is 3.82. The summed E-state index contributed by atoms with van der Waals surface area (Å²) in [7, 11) is 3.22. The lowest BCUT2D eigenvalue weighted by Gasteiger charge is -2.08. The van der Waals surface area contributed by atoms with Crippen molar-refractivity contribution in [1.29, 1.82) is 0 Å². The molecule has 0 bridgehead atoms. The number of methoxy groups -OCH3 is 1. The van der Waals surface area contributed by atoms with E-state index < -0.39 is 5.97 Å². The molecule has 4 rings (SSSR count). The highest BCUT2D eigenvalue weighted by molar-refractivity contribution is 7.99. The van der Waals surface area contributed by atoms with Gasteiger partial charge in [0.25, 0.3) is 0 Å². The zero-order chi connectivity index (χ0) is 24.1. The van der Waals surface area contributed by atoms with E-state index in [-0.39, 0.29) is 18.3 Å². The maximum Gasteiger partial charge on any atom is 0.341 e. The van der Waals surface area contributed by atoms with Gasteiger partial charge >= 0.3 is 5.97 Å². The van der Waals surface area contributed by atoms with Crippen LogP contribution in [0, 0.1) is 6.92 Å². The third-order valence-corrected chi connectivity index (χ3v) is 7.94. The lowest BCUT2D eigenvalue weighted by atomic mass is 10.1. The first-order chi connectivity index (χ1) is 16.5. The van der Waals surface area contributed by atoms with Crippen molar-refractivity contribution in [3.63, 3.8) is 0 Å². The van der Waals surface area contributed by atoms with Crippen molar-refractivity contribution in [2.24, 2.45) is 7.05 Å². The molecule has 10 heteroatoms. The second kappa shape index (κ2) is 11.1. The average Bonchev–Trinajstić information content (AvgIpc) is 3.26. The molecule has 0 radical (unpaired) electrons. The Hall–Kier alpha value is -2.85. The molecule has 0 spiro atoms. The Kier molecular flexibility index (Phi) is 7.89. The van der Waals surface area contributed by atoms with Gasteiger partial charge in [0.2, 0.25) is 5.91 Å². The summed E-state index contributed by atoms with van der Waals surface area (Å²) in [4.78, 5) is 26.4. The van der Waals surface area contributed by atoms with Crippen LogP contribution in [0.1, 0.15) is 51.4 Å². The van der Waals surface area contributed by atoms with Gasteiger partial charge < -0.3 is 19.4 Å². The molecule has 1 aromatic carbocycles. The molecule has 1 amide bonds. The SMILES string of the molecule is COC(=O)c1c(NC(=O)CSc2nnc(COc3ccc(C)cc3)n2C)sc2c1CCCCC2. The predicted molar refractivity (Wildman–Crippen MR) is 133 cm³/mol. The van der Waals surface area contributed by atoms with Crippen LogP contribution < -0.4 is 10.1 Å². The number of amides is 1. The number of nitrogens with zero attached hydrogens (tertiary/aromatic N) is 3. The second-order valence-corrected chi connectivity index (χ2v) is 10.2. The second-order valence-electron chi connectivity index (χ2n) is 8.16. The van der Waals surface area contributed by atoms with E-state index in [0.717, 1.165) is 43.4 Å². The molecule has 0 saturated heterocycles. The summed E-state index contributed by atoms with van der Waals surface area (Å²) in [6.45, 7) is 2.30. The number of aromatic nitrogens is 3. The van der Waals surface area contributed by atoms with Crippen LogP contribution in [0.3, 0.4) is 0 Å². The van der Waals surface area contributed by atoms with Crippen molar-refractivity contribution in [2.75, 3.05) is 18.2 Å². The highest BCUT2D eigenvalue weighted by Gasteiger charge is 2.26. The van der Waals surface area contributed by atoms with Crippen molar-refractivity contribution in [3.8, 4) is 5.75 Å². The van der Waals surface area contributed by atoms with E-state index >= 15 is 0 Å². The first-order valence-electron chi connectivity index (χ1n) is 11.2. The zero-order valence-corrected chi connectivity index (χ0v) is 21.2. The lowest BCUT2D eigenvalue weighted by molar-refractivity contribution is -0.113. The van der Waals surface area contributed by atoms with Gasteiger partial charge in [-0.25, -0.2) is 4.79 Å². The number of hydrogen-bond acceptors (Lipinski definition) is 8. The van der Waals surface area contributed by atoms with Gasteiger partial charge in [-0.3, -0.25) is 4.79 Å². The van der Waals surface area contributed by atoms with Crippen molar-refractivity contribution >= 4 is 40.0 Å². The maximum atomic E-state index is 12.7. The lowest BCUT2D eigenvalue weighted by Crippen LogP contribution is -2.16. The minimum atomic E-state index is -0.395. The first-order valence-corrected chi connectivity index (χ1v) is 13.0. The van der Waals surface area contributed by atoms with Crippen LogP contribution in [0.5, 0.6) is 5.75 Å². The summed E-state index contributed by atoms with van der Waals surface area (Å²) < 4.78 is 12.6. The van der Waals surface area contributed by atoms with Gasteiger partial charge in [-0.2, -0.15) is 0 Å². The standard InChI is InChI=1S/C24H28N4O4S2/c1-15-9-11-16(12-10-15)32-13-19-26-27-24(28(19)2)33-14-20(29)25-22-21(23(30)31-3)17-7-5-4-6-8-18(17)34-22/h9-12H,4-8,13-14H2,1-3H3,(H,25,29). The van der Waals surface area contributed by atoms with Gasteiger partial charge in [-0.15, -0.1) is 21.5 Å². The fraction of sp³-hybridized carbons (Fsp3) is 0.417. The number of anilines is 1. The average molecular weight is 501 g/mol. The van der Waals surface area contributed by atoms with Gasteiger partial charge in [-0.1, -0.05) is 35.9 Å². The van der Waals surface area contributed by atoms with Gasteiger partial charge in [0.05, 0.1) is 18.4 Å². The Morgan fingerprint density at radius 2 is 1.91 bits per heavy atom. The largest absolute Gasteiger partial charge is 0.486 e. The Morgan fingerprint density at radius 3 is 2.68 bits per heavy atom.